The summed E-state index contributed by atoms with van der Waals surface area (Å²) in [5, 5.41) is 0. The number of benzene rings is 1. The minimum absolute atomic E-state index is 0.681. The molecule has 5 heteroatoms. The number of anilines is 1. The van der Waals surface area contributed by atoms with Crippen LogP contribution in [0.5, 0.6) is 0 Å². The molecule has 0 aliphatic carbocycles. The molecule has 4 nitrogen and oxygen atoms in total. The van der Waals surface area contributed by atoms with E-state index in [0.29, 0.717) is 11.4 Å². The lowest BCUT2D eigenvalue weighted by molar-refractivity contribution is 0.161. The highest BCUT2D eigenvalue weighted by atomic mass is 32.2. The Kier molecular flexibility index (Phi) is 4.74. The molecule has 100 valence electrons. The van der Waals surface area contributed by atoms with Crippen LogP contribution in [0.4, 0.5) is 5.69 Å². The van der Waals surface area contributed by atoms with Crippen LogP contribution in [0.15, 0.2) is 29.2 Å². The summed E-state index contributed by atoms with van der Waals surface area (Å²) in [5.41, 5.74) is 6.38. The Labute approximate surface area is 111 Å². The molecule has 1 heterocycles. The SMILES string of the molecule is CN1CCN(CCS(=O)c2cccc(N)c2)CC1. The Bertz CT molecular complexity index is 416. The maximum atomic E-state index is 12.1. The summed E-state index contributed by atoms with van der Waals surface area (Å²) in [4.78, 5) is 5.54. The van der Waals surface area contributed by atoms with E-state index in [1.165, 1.54) is 0 Å². The van der Waals surface area contributed by atoms with Gasteiger partial charge in [0.25, 0.3) is 0 Å². The fourth-order valence-corrected chi connectivity index (χ4v) is 3.22. The standard InChI is InChI=1S/C13H21N3OS/c1-15-5-7-16(8-6-15)9-10-18(17)13-4-2-3-12(14)11-13/h2-4,11H,5-10,14H2,1H3. The zero-order chi connectivity index (χ0) is 13.0. The van der Waals surface area contributed by atoms with Gasteiger partial charge < -0.3 is 10.6 Å². The topological polar surface area (TPSA) is 49.6 Å². The number of hydrogen-bond acceptors (Lipinski definition) is 4. The smallest absolute Gasteiger partial charge is 0.0543 e. The van der Waals surface area contributed by atoms with E-state index in [-0.39, 0.29) is 0 Å². The van der Waals surface area contributed by atoms with E-state index >= 15 is 0 Å². The predicted molar refractivity (Wildman–Crippen MR) is 76.1 cm³/mol. The minimum Gasteiger partial charge on any atom is -0.399 e. The molecule has 1 aromatic carbocycles. The molecule has 1 aliphatic rings. The Balaban J connectivity index is 1.81. The summed E-state index contributed by atoms with van der Waals surface area (Å²) in [6.45, 7) is 5.25. The highest BCUT2D eigenvalue weighted by Gasteiger charge is 2.14. The van der Waals surface area contributed by atoms with E-state index in [1.807, 2.05) is 18.2 Å². The third kappa shape index (κ3) is 3.80. The molecule has 0 aromatic heterocycles. The first kappa shape index (κ1) is 13.5. The number of nitrogens with zero attached hydrogens (tertiary/aromatic N) is 2. The fourth-order valence-electron chi connectivity index (χ4n) is 2.06. The van der Waals surface area contributed by atoms with Gasteiger partial charge in [0.15, 0.2) is 0 Å². The Morgan fingerprint density at radius 2 is 2.00 bits per heavy atom. The molecule has 0 radical (unpaired) electrons. The minimum atomic E-state index is -0.939. The van der Waals surface area contributed by atoms with Crippen LogP contribution in [0.1, 0.15) is 0 Å². The second-order valence-electron chi connectivity index (χ2n) is 4.77. The van der Waals surface area contributed by atoms with Gasteiger partial charge in [0, 0.05) is 49.1 Å². The van der Waals surface area contributed by atoms with Crippen molar-refractivity contribution in [1.29, 1.82) is 0 Å². The molecule has 1 saturated heterocycles. The number of hydrogen-bond donors (Lipinski definition) is 1. The summed E-state index contributed by atoms with van der Waals surface area (Å²) in [6, 6.07) is 7.37. The molecule has 0 spiro atoms. The van der Waals surface area contributed by atoms with Gasteiger partial charge in [-0.2, -0.15) is 0 Å². The van der Waals surface area contributed by atoms with Crippen molar-refractivity contribution in [3.8, 4) is 0 Å². The van der Waals surface area contributed by atoms with Gasteiger partial charge in [-0.1, -0.05) is 6.07 Å². The highest BCUT2D eigenvalue weighted by Crippen LogP contribution is 2.11. The molecular weight excluding hydrogens is 246 g/mol. The maximum absolute atomic E-state index is 12.1. The van der Waals surface area contributed by atoms with Gasteiger partial charge >= 0.3 is 0 Å². The number of nitrogens with two attached hydrogens (primary N) is 1. The molecule has 2 rings (SSSR count). The molecule has 0 saturated carbocycles. The van der Waals surface area contributed by atoms with Crippen LogP contribution in [0.25, 0.3) is 0 Å². The summed E-state index contributed by atoms with van der Waals surface area (Å²) < 4.78 is 12.1. The molecule has 1 aromatic rings. The monoisotopic (exact) mass is 267 g/mol. The van der Waals surface area contributed by atoms with Crippen molar-refractivity contribution in [3.05, 3.63) is 24.3 Å². The molecule has 1 fully saturated rings. The lowest BCUT2D eigenvalue weighted by Crippen LogP contribution is -2.45. The molecule has 18 heavy (non-hydrogen) atoms. The van der Waals surface area contributed by atoms with Gasteiger partial charge in [-0.25, -0.2) is 0 Å². The average molecular weight is 267 g/mol. The van der Waals surface area contributed by atoms with Crippen LogP contribution in [0.3, 0.4) is 0 Å². The molecule has 2 N–H and O–H groups in total. The van der Waals surface area contributed by atoms with Crippen molar-refractivity contribution in [2.45, 2.75) is 4.90 Å². The molecule has 1 unspecified atom stereocenters. The van der Waals surface area contributed by atoms with Crippen molar-refractivity contribution in [3.63, 3.8) is 0 Å². The van der Waals surface area contributed by atoms with Gasteiger partial charge in [0.2, 0.25) is 0 Å². The zero-order valence-electron chi connectivity index (χ0n) is 10.8. The van der Waals surface area contributed by atoms with E-state index in [2.05, 4.69) is 16.8 Å². The summed E-state index contributed by atoms with van der Waals surface area (Å²) >= 11 is 0. The van der Waals surface area contributed by atoms with Gasteiger partial charge in [-0.15, -0.1) is 0 Å². The van der Waals surface area contributed by atoms with Crippen LogP contribution in [0, 0.1) is 0 Å². The average Bonchev–Trinajstić information content (AvgIpc) is 2.38. The van der Waals surface area contributed by atoms with Crippen LogP contribution >= 0.6 is 0 Å². The molecule has 0 amide bonds. The Morgan fingerprint density at radius 3 is 2.67 bits per heavy atom. The number of nitrogen functional groups attached to an aromatic ring is 1. The third-order valence-corrected chi connectivity index (χ3v) is 4.64. The molecule has 0 bridgehead atoms. The van der Waals surface area contributed by atoms with Crippen LogP contribution in [-0.4, -0.2) is 59.5 Å². The van der Waals surface area contributed by atoms with Gasteiger partial charge in [-0.05, 0) is 25.2 Å². The molecular formula is C13H21N3OS. The van der Waals surface area contributed by atoms with Crippen LogP contribution < -0.4 is 5.73 Å². The second kappa shape index (κ2) is 6.31. The van der Waals surface area contributed by atoms with Crippen molar-refractivity contribution in [1.82, 2.24) is 9.80 Å². The zero-order valence-corrected chi connectivity index (χ0v) is 11.7. The lowest BCUT2D eigenvalue weighted by atomic mass is 10.3. The maximum Gasteiger partial charge on any atom is 0.0543 e. The highest BCUT2D eigenvalue weighted by molar-refractivity contribution is 7.85. The van der Waals surface area contributed by atoms with Gasteiger partial charge in [-0.3, -0.25) is 9.11 Å². The van der Waals surface area contributed by atoms with E-state index in [1.54, 1.807) is 6.07 Å². The molecule has 1 atom stereocenters. The normalized spacial score (nSPS) is 19.8. The molecule has 1 aliphatic heterocycles. The van der Waals surface area contributed by atoms with E-state index < -0.39 is 10.8 Å². The lowest BCUT2D eigenvalue weighted by Gasteiger charge is -2.32. The summed E-state index contributed by atoms with van der Waals surface area (Å²) in [6.07, 6.45) is 0. The summed E-state index contributed by atoms with van der Waals surface area (Å²) in [7, 11) is 1.20. The largest absolute Gasteiger partial charge is 0.399 e. The van der Waals surface area contributed by atoms with Gasteiger partial charge in [0.1, 0.15) is 0 Å². The predicted octanol–water partition coefficient (Wildman–Crippen LogP) is 0.624. The van der Waals surface area contributed by atoms with Crippen LogP contribution in [0.2, 0.25) is 0 Å². The number of likely N-dealkylation sites (N-methyl/N-ethyl adjacent to an activating group) is 1. The number of rotatable bonds is 4. The van der Waals surface area contributed by atoms with Crippen molar-refractivity contribution >= 4 is 16.5 Å². The van der Waals surface area contributed by atoms with Crippen molar-refractivity contribution in [2.75, 3.05) is 51.3 Å². The summed E-state index contributed by atoms with van der Waals surface area (Å²) in [5.74, 6) is 0.688. The van der Waals surface area contributed by atoms with E-state index in [4.69, 9.17) is 5.73 Å². The Hall–Kier alpha value is -0.910. The first-order valence-electron chi connectivity index (χ1n) is 6.30. The van der Waals surface area contributed by atoms with E-state index in [0.717, 1.165) is 37.6 Å². The van der Waals surface area contributed by atoms with E-state index in [9.17, 15) is 4.21 Å². The first-order valence-corrected chi connectivity index (χ1v) is 7.62. The quantitative estimate of drug-likeness (QED) is 0.813. The second-order valence-corrected chi connectivity index (χ2v) is 6.34. The van der Waals surface area contributed by atoms with Crippen molar-refractivity contribution < 1.29 is 4.21 Å². The first-order chi connectivity index (χ1) is 8.65. The van der Waals surface area contributed by atoms with Crippen molar-refractivity contribution in [2.24, 2.45) is 0 Å². The van der Waals surface area contributed by atoms with Crippen LogP contribution in [-0.2, 0) is 10.8 Å². The fraction of sp³-hybridized carbons (Fsp3) is 0.538. The number of piperazine rings is 1. The third-order valence-electron chi connectivity index (χ3n) is 3.31. The Morgan fingerprint density at radius 1 is 1.28 bits per heavy atom. The van der Waals surface area contributed by atoms with Gasteiger partial charge in [0.05, 0.1) is 10.8 Å².